The summed E-state index contributed by atoms with van der Waals surface area (Å²) in [5.74, 6) is -1.22. The molecule has 3 aromatic rings. The average molecular weight is 403 g/mol. The van der Waals surface area contributed by atoms with E-state index in [1.165, 1.54) is 23.3 Å². The summed E-state index contributed by atoms with van der Waals surface area (Å²) in [5, 5.41) is 21.1. The summed E-state index contributed by atoms with van der Waals surface area (Å²) >= 11 is 0. The first-order valence-corrected chi connectivity index (χ1v) is 9.54. The minimum absolute atomic E-state index is 0.00261. The van der Waals surface area contributed by atoms with Crippen molar-refractivity contribution in [2.75, 3.05) is 0 Å². The van der Waals surface area contributed by atoms with Crippen molar-refractivity contribution in [3.63, 3.8) is 0 Å². The summed E-state index contributed by atoms with van der Waals surface area (Å²) in [5.41, 5.74) is 2.71. The minimum atomic E-state index is -0.859. The van der Waals surface area contributed by atoms with E-state index in [2.05, 4.69) is 0 Å². The zero-order valence-corrected chi connectivity index (χ0v) is 16.6. The van der Waals surface area contributed by atoms with Crippen molar-refractivity contribution in [2.24, 2.45) is 0 Å². The Bertz CT molecular complexity index is 1160. The zero-order valence-electron chi connectivity index (χ0n) is 16.6. The predicted octanol–water partition coefficient (Wildman–Crippen LogP) is 4.22. The number of benzene rings is 2. The largest absolute Gasteiger partial charge is 0.508 e. The highest BCUT2D eigenvalue weighted by molar-refractivity contribution is 6.46. The molecule has 0 radical (unpaired) electrons. The van der Waals surface area contributed by atoms with E-state index < -0.39 is 17.7 Å². The molecule has 1 fully saturated rings. The second-order valence-electron chi connectivity index (χ2n) is 7.42. The Morgan fingerprint density at radius 1 is 1.07 bits per heavy atom. The van der Waals surface area contributed by atoms with Gasteiger partial charge in [0.25, 0.3) is 11.7 Å². The van der Waals surface area contributed by atoms with Crippen molar-refractivity contribution in [1.29, 1.82) is 0 Å². The summed E-state index contributed by atoms with van der Waals surface area (Å²) in [6.45, 7) is 3.77. The first-order chi connectivity index (χ1) is 14.4. The number of carbonyl (C=O) groups is 2. The van der Waals surface area contributed by atoms with Gasteiger partial charge in [0.15, 0.2) is 0 Å². The Kier molecular flexibility index (Phi) is 4.91. The van der Waals surface area contributed by atoms with Crippen molar-refractivity contribution in [2.45, 2.75) is 26.4 Å². The third-order valence-electron chi connectivity index (χ3n) is 5.28. The van der Waals surface area contributed by atoms with E-state index in [9.17, 15) is 19.8 Å². The molecular weight excluding hydrogens is 382 g/mol. The summed E-state index contributed by atoms with van der Waals surface area (Å²) in [7, 11) is 0. The number of phenolic OH excluding ortho intramolecular Hbond substituents is 1. The lowest BCUT2D eigenvalue weighted by Crippen LogP contribution is -2.29. The Morgan fingerprint density at radius 3 is 2.57 bits per heavy atom. The highest BCUT2D eigenvalue weighted by Gasteiger charge is 2.46. The van der Waals surface area contributed by atoms with E-state index in [4.69, 9.17) is 4.42 Å². The van der Waals surface area contributed by atoms with Gasteiger partial charge < -0.3 is 19.5 Å². The smallest absolute Gasteiger partial charge is 0.296 e. The molecule has 1 aromatic heterocycles. The maximum Gasteiger partial charge on any atom is 0.296 e. The maximum atomic E-state index is 13.0. The van der Waals surface area contributed by atoms with Crippen LogP contribution in [0.4, 0.5) is 0 Å². The van der Waals surface area contributed by atoms with Gasteiger partial charge in [0.1, 0.15) is 17.3 Å². The van der Waals surface area contributed by atoms with Crippen LogP contribution < -0.4 is 0 Å². The number of Topliss-reactive ketones (excluding diaryl/α,β-unsaturated/α-hetero) is 1. The number of furan rings is 1. The van der Waals surface area contributed by atoms with Gasteiger partial charge in [0.2, 0.25) is 0 Å². The number of rotatable bonds is 4. The van der Waals surface area contributed by atoms with Gasteiger partial charge in [0, 0.05) is 5.56 Å². The van der Waals surface area contributed by atoms with Crippen LogP contribution >= 0.6 is 0 Å². The van der Waals surface area contributed by atoms with Gasteiger partial charge in [-0.25, -0.2) is 0 Å². The van der Waals surface area contributed by atoms with Crippen LogP contribution in [0, 0.1) is 13.8 Å². The number of hydrogen-bond acceptors (Lipinski definition) is 5. The van der Waals surface area contributed by atoms with Crippen LogP contribution in [0.5, 0.6) is 5.75 Å². The monoisotopic (exact) mass is 403 g/mol. The van der Waals surface area contributed by atoms with E-state index >= 15 is 0 Å². The number of aryl methyl sites for hydroxylation is 2. The quantitative estimate of drug-likeness (QED) is 0.387. The average Bonchev–Trinajstić information content (AvgIpc) is 3.32. The molecule has 1 atom stereocenters. The van der Waals surface area contributed by atoms with Crippen molar-refractivity contribution < 1.29 is 24.2 Å². The molecule has 2 aromatic carbocycles. The molecule has 1 unspecified atom stereocenters. The zero-order chi connectivity index (χ0) is 21.4. The molecule has 2 N–H and O–H groups in total. The van der Waals surface area contributed by atoms with Gasteiger partial charge in [-0.1, -0.05) is 29.8 Å². The first kappa shape index (κ1) is 19.5. The van der Waals surface area contributed by atoms with E-state index in [0.717, 1.165) is 11.1 Å². The summed E-state index contributed by atoms with van der Waals surface area (Å²) in [6, 6.07) is 14.4. The van der Waals surface area contributed by atoms with Crippen LogP contribution in [0.2, 0.25) is 0 Å². The molecule has 0 bridgehead atoms. The van der Waals surface area contributed by atoms with Crippen LogP contribution in [0.1, 0.15) is 34.1 Å². The van der Waals surface area contributed by atoms with Crippen LogP contribution in [-0.2, 0) is 16.1 Å². The first-order valence-electron chi connectivity index (χ1n) is 9.54. The summed E-state index contributed by atoms with van der Waals surface area (Å²) in [6.07, 6.45) is 1.49. The fourth-order valence-corrected chi connectivity index (χ4v) is 3.79. The Balaban J connectivity index is 1.92. The lowest BCUT2D eigenvalue weighted by atomic mass is 9.93. The molecular formula is C24H21NO5. The van der Waals surface area contributed by atoms with Crippen LogP contribution in [-0.4, -0.2) is 26.8 Å². The highest BCUT2D eigenvalue weighted by Crippen LogP contribution is 2.41. The minimum Gasteiger partial charge on any atom is -0.508 e. The lowest BCUT2D eigenvalue weighted by molar-refractivity contribution is -0.140. The molecule has 1 aliphatic heterocycles. The summed E-state index contributed by atoms with van der Waals surface area (Å²) < 4.78 is 5.37. The third-order valence-corrected chi connectivity index (χ3v) is 5.28. The van der Waals surface area contributed by atoms with Gasteiger partial charge >= 0.3 is 0 Å². The molecule has 1 saturated heterocycles. The fourth-order valence-electron chi connectivity index (χ4n) is 3.79. The Labute approximate surface area is 173 Å². The third kappa shape index (κ3) is 3.37. The van der Waals surface area contributed by atoms with Crippen LogP contribution in [0.3, 0.4) is 0 Å². The molecule has 2 heterocycles. The van der Waals surface area contributed by atoms with E-state index in [0.29, 0.717) is 16.9 Å². The predicted molar refractivity (Wildman–Crippen MR) is 111 cm³/mol. The molecule has 6 nitrogen and oxygen atoms in total. The van der Waals surface area contributed by atoms with Crippen molar-refractivity contribution >= 4 is 17.4 Å². The van der Waals surface area contributed by atoms with Gasteiger partial charge in [-0.2, -0.15) is 0 Å². The number of aromatic hydroxyl groups is 1. The van der Waals surface area contributed by atoms with Crippen molar-refractivity contribution in [3.8, 4) is 5.75 Å². The normalized spacial score (nSPS) is 18.2. The second-order valence-corrected chi connectivity index (χ2v) is 7.42. The van der Waals surface area contributed by atoms with Gasteiger partial charge in [-0.3, -0.25) is 9.59 Å². The van der Waals surface area contributed by atoms with Gasteiger partial charge in [-0.15, -0.1) is 0 Å². The van der Waals surface area contributed by atoms with Gasteiger partial charge in [0.05, 0.1) is 24.4 Å². The standard InChI is InChI=1S/C24H21NO5/c1-14-8-9-15(2)19(11-14)22(27)20-21(16-5-3-6-17(26)12-16)25(24(29)23(20)28)13-18-7-4-10-30-18/h3-12,21,26-27H,13H2,1-2H3. The molecule has 4 rings (SSSR count). The number of aliphatic hydroxyl groups excluding tert-OH is 1. The molecule has 1 aliphatic rings. The van der Waals surface area contributed by atoms with Crippen LogP contribution in [0.15, 0.2) is 70.9 Å². The molecule has 1 amide bonds. The van der Waals surface area contributed by atoms with Crippen LogP contribution in [0.25, 0.3) is 5.76 Å². The molecule has 6 heteroatoms. The number of carbonyl (C=O) groups excluding carboxylic acids is 2. The number of aliphatic hydroxyl groups is 1. The topological polar surface area (TPSA) is 91.0 Å². The lowest BCUT2D eigenvalue weighted by Gasteiger charge is -2.24. The van der Waals surface area contributed by atoms with Crippen molar-refractivity contribution in [1.82, 2.24) is 4.90 Å². The number of phenols is 1. The number of amides is 1. The molecule has 0 saturated carbocycles. The molecule has 0 aliphatic carbocycles. The Hall–Kier alpha value is -3.80. The fraction of sp³-hybridized carbons (Fsp3) is 0.167. The van der Waals surface area contributed by atoms with Crippen molar-refractivity contribution in [3.05, 3.63) is 94.4 Å². The Morgan fingerprint density at radius 2 is 1.87 bits per heavy atom. The number of ketones is 1. The molecule has 152 valence electrons. The number of likely N-dealkylation sites (tertiary alicyclic amines) is 1. The molecule has 30 heavy (non-hydrogen) atoms. The van der Waals surface area contributed by atoms with E-state index in [-0.39, 0.29) is 23.6 Å². The van der Waals surface area contributed by atoms with Gasteiger partial charge in [-0.05, 0) is 55.3 Å². The number of nitrogens with zero attached hydrogens (tertiary/aromatic N) is 1. The summed E-state index contributed by atoms with van der Waals surface area (Å²) in [4.78, 5) is 27.3. The molecule has 0 spiro atoms. The second kappa shape index (κ2) is 7.55. The highest BCUT2D eigenvalue weighted by atomic mass is 16.3. The maximum absolute atomic E-state index is 13.0. The SMILES string of the molecule is Cc1ccc(C)c(C(O)=C2C(=O)C(=O)N(Cc3ccco3)C2c2cccc(O)c2)c1. The number of hydrogen-bond donors (Lipinski definition) is 2. The van der Waals surface area contributed by atoms with E-state index in [1.807, 2.05) is 26.0 Å². The van der Waals surface area contributed by atoms with E-state index in [1.54, 1.807) is 30.3 Å².